The molecule has 3 atom stereocenters. The second-order valence-corrected chi connectivity index (χ2v) is 8.77. The Kier molecular flexibility index (Phi) is 4.04. The van der Waals surface area contributed by atoms with Crippen LogP contribution < -0.4 is 10.2 Å². The normalized spacial score (nSPS) is 33.5. The summed E-state index contributed by atoms with van der Waals surface area (Å²) in [4.78, 5) is 31.2. The molecule has 5 nitrogen and oxygen atoms in total. The molecule has 0 bridgehead atoms. The second-order valence-electron chi connectivity index (χ2n) is 8.77. The van der Waals surface area contributed by atoms with Crippen LogP contribution in [0.25, 0.3) is 0 Å². The molecule has 0 aromatic heterocycles. The summed E-state index contributed by atoms with van der Waals surface area (Å²) in [6, 6.07) is 8.69. The maximum Gasteiger partial charge on any atom is 0.252 e. The molecule has 1 aromatic carbocycles. The molecular weight excluding hydrogens is 338 g/mol. The van der Waals surface area contributed by atoms with Crippen LogP contribution in [0.15, 0.2) is 24.3 Å². The zero-order valence-corrected chi connectivity index (χ0v) is 16.1. The fourth-order valence-corrected chi connectivity index (χ4v) is 6.22. The number of carbonyl (C=O) groups excluding carboxylic acids is 2. The topological polar surface area (TPSA) is 52.7 Å². The standard InChI is InChI=1S/C22H29N3O2/c1-24-19-12-6-5-11-17(19)22(21(24)27)18(14-16-10-7-13-25(16)22)20(26)23-15-8-3-2-4-9-15/h5-6,11-12,15-16,18H,2-4,7-10,13-14H2,1H3,(H,23,26). The molecule has 3 unspecified atom stereocenters. The van der Waals surface area contributed by atoms with Crippen molar-refractivity contribution in [2.45, 2.75) is 69.0 Å². The number of nitrogens with one attached hydrogen (secondary N) is 1. The Bertz CT molecular complexity index is 773. The van der Waals surface area contributed by atoms with Crippen LogP contribution in [0, 0.1) is 5.92 Å². The van der Waals surface area contributed by atoms with Crippen molar-refractivity contribution in [2.75, 3.05) is 18.5 Å². The first-order valence-electron chi connectivity index (χ1n) is 10.6. The molecule has 1 aliphatic carbocycles. The van der Waals surface area contributed by atoms with Crippen molar-refractivity contribution in [2.24, 2.45) is 5.92 Å². The van der Waals surface area contributed by atoms with E-state index in [1.54, 1.807) is 4.90 Å². The number of carbonyl (C=O) groups is 2. The average Bonchev–Trinajstić information content (AvgIpc) is 3.33. The Morgan fingerprint density at radius 1 is 1.11 bits per heavy atom. The van der Waals surface area contributed by atoms with Crippen molar-refractivity contribution in [3.8, 4) is 0 Å². The van der Waals surface area contributed by atoms with Crippen LogP contribution in [0.3, 0.4) is 0 Å². The fourth-order valence-electron chi connectivity index (χ4n) is 6.22. The summed E-state index contributed by atoms with van der Waals surface area (Å²) in [5.74, 6) is -0.116. The van der Waals surface area contributed by atoms with Crippen LogP contribution in [0.1, 0.15) is 56.9 Å². The van der Waals surface area contributed by atoms with Crippen LogP contribution in [0.2, 0.25) is 0 Å². The van der Waals surface area contributed by atoms with Gasteiger partial charge in [0.15, 0.2) is 0 Å². The number of hydrogen-bond donors (Lipinski definition) is 1. The van der Waals surface area contributed by atoms with E-state index in [1.807, 2.05) is 25.2 Å². The second kappa shape index (κ2) is 6.33. The van der Waals surface area contributed by atoms with Gasteiger partial charge in [0.1, 0.15) is 5.54 Å². The minimum absolute atomic E-state index is 0.0805. The van der Waals surface area contributed by atoms with Gasteiger partial charge in [-0.2, -0.15) is 0 Å². The lowest BCUT2D eigenvalue weighted by Crippen LogP contribution is -2.56. The number of amides is 2. The van der Waals surface area contributed by atoms with Gasteiger partial charge in [0.25, 0.3) is 5.91 Å². The lowest BCUT2D eigenvalue weighted by Gasteiger charge is -2.37. The number of hydrogen-bond acceptors (Lipinski definition) is 3. The predicted molar refractivity (Wildman–Crippen MR) is 104 cm³/mol. The number of anilines is 1. The molecule has 3 heterocycles. The van der Waals surface area contributed by atoms with E-state index in [-0.39, 0.29) is 23.8 Å². The monoisotopic (exact) mass is 367 g/mol. The van der Waals surface area contributed by atoms with Crippen LogP contribution in [0.5, 0.6) is 0 Å². The summed E-state index contributed by atoms with van der Waals surface area (Å²) in [5, 5.41) is 3.33. The Hall–Kier alpha value is -1.88. The summed E-state index contributed by atoms with van der Waals surface area (Å²) in [6.45, 7) is 0.909. The zero-order chi connectivity index (χ0) is 18.6. The first-order chi connectivity index (χ1) is 13.1. The lowest BCUT2D eigenvalue weighted by atomic mass is 9.78. The highest BCUT2D eigenvalue weighted by Gasteiger charge is 2.66. The molecule has 3 fully saturated rings. The average molecular weight is 367 g/mol. The quantitative estimate of drug-likeness (QED) is 0.875. The number of nitrogens with zero attached hydrogens (tertiary/aromatic N) is 2. The molecule has 2 saturated heterocycles. The van der Waals surface area contributed by atoms with Crippen LogP contribution in [-0.4, -0.2) is 42.4 Å². The van der Waals surface area contributed by atoms with Crippen molar-refractivity contribution in [3.05, 3.63) is 29.8 Å². The van der Waals surface area contributed by atoms with Crippen molar-refractivity contribution in [3.63, 3.8) is 0 Å². The molecule has 1 saturated carbocycles. The molecule has 2 amide bonds. The van der Waals surface area contributed by atoms with Gasteiger partial charge in [0.2, 0.25) is 5.91 Å². The summed E-state index contributed by atoms with van der Waals surface area (Å²) in [6.07, 6.45) is 8.81. The van der Waals surface area contributed by atoms with Gasteiger partial charge in [-0.05, 0) is 44.7 Å². The SMILES string of the molecule is CN1C(=O)C2(c3ccccc31)C(C(=O)NC1CCCCC1)CC1CCCN12. The smallest absolute Gasteiger partial charge is 0.252 e. The minimum atomic E-state index is -0.800. The largest absolute Gasteiger partial charge is 0.353 e. The summed E-state index contributed by atoms with van der Waals surface area (Å²) < 4.78 is 0. The molecular formula is C22H29N3O2. The van der Waals surface area contributed by atoms with E-state index in [4.69, 9.17) is 0 Å². The van der Waals surface area contributed by atoms with Gasteiger partial charge in [0.05, 0.1) is 5.92 Å². The molecule has 144 valence electrons. The van der Waals surface area contributed by atoms with Gasteiger partial charge in [-0.3, -0.25) is 14.5 Å². The summed E-state index contributed by atoms with van der Waals surface area (Å²) >= 11 is 0. The van der Waals surface area contributed by atoms with Crippen molar-refractivity contribution in [1.82, 2.24) is 10.2 Å². The first-order valence-corrected chi connectivity index (χ1v) is 10.6. The highest BCUT2D eigenvalue weighted by molar-refractivity contribution is 6.10. The Labute approximate surface area is 161 Å². The molecule has 3 aliphatic heterocycles. The van der Waals surface area contributed by atoms with Crippen LogP contribution in [-0.2, 0) is 15.1 Å². The maximum atomic E-state index is 13.6. The molecule has 1 N–H and O–H groups in total. The summed E-state index contributed by atoms with van der Waals surface area (Å²) in [7, 11) is 1.86. The van der Waals surface area contributed by atoms with Gasteiger partial charge >= 0.3 is 0 Å². The third kappa shape index (κ3) is 2.33. The van der Waals surface area contributed by atoms with E-state index >= 15 is 0 Å². The third-order valence-corrected chi connectivity index (χ3v) is 7.42. The van der Waals surface area contributed by atoms with E-state index in [0.29, 0.717) is 6.04 Å². The van der Waals surface area contributed by atoms with Gasteiger partial charge in [-0.15, -0.1) is 0 Å². The van der Waals surface area contributed by atoms with Crippen molar-refractivity contribution in [1.29, 1.82) is 0 Å². The molecule has 0 radical (unpaired) electrons. The molecule has 4 aliphatic rings. The van der Waals surface area contributed by atoms with E-state index in [9.17, 15) is 9.59 Å². The molecule has 5 heteroatoms. The number of likely N-dealkylation sites (N-methyl/N-ethyl adjacent to an activating group) is 1. The van der Waals surface area contributed by atoms with Gasteiger partial charge in [-0.25, -0.2) is 0 Å². The van der Waals surface area contributed by atoms with Crippen molar-refractivity contribution < 1.29 is 9.59 Å². The van der Waals surface area contributed by atoms with Crippen LogP contribution in [0.4, 0.5) is 5.69 Å². The van der Waals surface area contributed by atoms with E-state index in [2.05, 4.69) is 16.3 Å². The molecule has 1 aromatic rings. The highest BCUT2D eigenvalue weighted by atomic mass is 16.2. The Morgan fingerprint density at radius 3 is 2.70 bits per heavy atom. The number of fused-ring (bicyclic) bond motifs is 4. The molecule has 27 heavy (non-hydrogen) atoms. The molecule has 5 rings (SSSR count). The van der Waals surface area contributed by atoms with Gasteiger partial charge in [0, 0.05) is 30.4 Å². The Balaban J connectivity index is 1.55. The molecule has 1 spiro atoms. The first kappa shape index (κ1) is 17.2. The fraction of sp³-hybridized carbons (Fsp3) is 0.636. The number of benzene rings is 1. The van der Waals surface area contributed by atoms with E-state index in [1.165, 1.54) is 19.3 Å². The lowest BCUT2D eigenvalue weighted by molar-refractivity contribution is -0.139. The number of rotatable bonds is 2. The van der Waals surface area contributed by atoms with Gasteiger partial charge < -0.3 is 10.2 Å². The Morgan fingerprint density at radius 2 is 1.89 bits per heavy atom. The van der Waals surface area contributed by atoms with Crippen molar-refractivity contribution >= 4 is 17.5 Å². The number of para-hydroxylation sites is 1. The van der Waals surface area contributed by atoms with E-state index < -0.39 is 5.54 Å². The third-order valence-electron chi connectivity index (χ3n) is 7.42. The van der Waals surface area contributed by atoms with Crippen LogP contribution >= 0.6 is 0 Å². The highest BCUT2D eigenvalue weighted by Crippen LogP contribution is 2.56. The van der Waals surface area contributed by atoms with E-state index in [0.717, 1.165) is 49.9 Å². The predicted octanol–water partition coefficient (Wildman–Crippen LogP) is 2.79. The minimum Gasteiger partial charge on any atom is -0.353 e. The zero-order valence-electron chi connectivity index (χ0n) is 16.1. The summed E-state index contributed by atoms with van der Waals surface area (Å²) in [5.41, 5.74) is 1.20. The maximum absolute atomic E-state index is 13.6. The van der Waals surface area contributed by atoms with Gasteiger partial charge in [-0.1, -0.05) is 37.5 Å².